The molecule has 2 aliphatic heterocycles. The molecule has 0 radical (unpaired) electrons. The van der Waals surface area contributed by atoms with E-state index >= 15 is 0 Å². The topological polar surface area (TPSA) is 21.7 Å². The number of benzene rings is 1. The van der Waals surface area contributed by atoms with E-state index in [-0.39, 0.29) is 5.56 Å². The average molecular weight is 355 g/mol. The van der Waals surface area contributed by atoms with Crippen molar-refractivity contribution in [2.75, 3.05) is 24.6 Å². The quantitative estimate of drug-likeness (QED) is 0.778. The van der Waals surface area contributed by atoms with Gasteiger partial charge >= 0.3 is 7.12 Å². The third kappa shape index (κ3) is 3.50. The van der Waals surface area contributed by atoms with Crippen LogP contribution >= 0.6 is 11.8 Å². The van der Waals surface area contributed by atoms with Crippen LogP contribution in [-0.4, -0.2) is 47.8 Å². The molecular weight excluding hydrogens is 331 g/mol. The molecule has 0 saturated carbocycles. The van der Waals surface area contributed by atoms with Crippen molar-refractivity contribution in [3.8, 4) is 0 Å². The fourth-order valence-electron chi connectivity index (χ4n) is 2.87. The van der Waals surface area contributed by atoms with Gasteiger partial charge in [0, 0.05) is 36.7 Å². The van der Waals surface area contributed by atoms with Gasteiger partial charge in [0.25, 0.3) is 0 Å². The molecule has 1 aromatic carbocycles. The molecule has 7 heteroatoms. The zero-order chi connectivity index (χ0) is 17.5. The second-order valence-corrected chi connectivity index (χ2v) is 8.66. The van der Waals surface area contributed by atoms with Gasteiger partial charge in [-0.1, -0.05) is 0 Å². The van der Waals surface area contributed by atoms with Crippen molar-refractivity contribution in [2.24, 2.45) is 0 Å². The van der Waals surface area contributed by atoms with Crippen LogP contribution in [-0.2, 0) is 15.9 Å². The molecule has 24 heavy (non-hydrogen) atoms. The van der Waals surface area contributed by atoms with Crippen LogP contribution in [0.4, 0.5) is 8.78 Å². The van der Waals surface area contributed by atoms with Gasteiger partial charge in [-0.3, -0.25) is 4.90 Å². The van der Waals surface area contributed by atoms with E-state index in [1.807, 2.05) is 39.5 Å². The average Bonchev–Trinajstić information content (AvgIpc) is 2.72. The Morgan fingerprint density at radius 3 is 2.04 bits per heavy atom. The second-order valence-electron chi connectivity index (χ2n) is 7.44. The summed E-state index contributed by atoms with van der Waals surface area (Å²) in [5, 5.41) is 0. The summed E-state index contributed by atoms with van der Waals surface area (Å²) in [4.78, 5) is 2.09. The smallest absolute Gasteiger partial charge is 0.399 e. The molecule has 2 aliphatic rings. The van der Waals surface area contributed by atoms with Gasteiger partial charge in [-0.25, -0.2) is 8.78 Å². The molecule has 3 rings (SSSR count). The van der Waals surface area contributed by atoms with E-state index in [4.69, 9.17) is 9.31 Å². The van der Waals surface area contributed by atoms with Crippen molar-refractivity contribution < 1.29 is 18.1 Å². The molecule has 2 saturated heterocycles. The van der Waals surface area contributed by atoms with Gasteiger partial charge in [-0.05, 0) is 45.3 Å². The molecule has 0 N–H and O–H groups in total. The molecule has 0 atom stereocenters. The lowest BCUT2D eigenvalue weighted by Gasteiger charge is -2.32. The Bertz CT molecular complexity index is 582. The number of thioether (sulfide) groups is 1. The van der Waals surface area contributed by atoms with E-state index in [1.165, 1.54) is 12.1 Å². The van der Waals surface area contributed by atoms with E-state index in [0.717, 1.165) is 24.6 Å². The van der Waals surface area contributed by atoms with Crippen molar-refractivity contribution in [3.63, 3.8) is 0 Å². The second kappa shape index (κ2) is 6.59. The molecule has 2 heterocycles. The number of rotatable bonds is 3. The Morgan fingerprint density at radius 2 is 1.54 bits per heavy atom. The van der Waals surface area contributed by atoms with Crippen LogP contribution in [0, 0.1) is 11.6 Å². The summed E-state index contributed by atoms with van der Waals surface area (Å²) in [5.74, 6) is 0.959. The molecule has 132 valence electrons. The minimum Gasteiger partial charge on any atom is -0.399 e. The monoisotopic (exact) mass is 355 g/mol. The van der Waals surface area contributed by atoms with Gasteiger partial charge < -0.3 is 9.31 Å². The number of hydrogen-bond donors (Lipinski definition) is 0. The first-order valence-corrected chi connectivity index (χ1v) is 9.49. The Morgan fingerprint density at radius 1 is 1.04 bits per heavy atom. The number of nitrogens with zero attached hydrogens (tertiary/aromatic N) is 1. The molecule has 0 unspecified atom stereocenters. The Balaban J connectivity index is 1.80. The Kier molecular flexibility index (Phi) is 4.99. The summed E-state index contributed by atoms with van der Waals surface area (Å²) in [5.41, 5.74) is -0.549. The third-order valence-corrected chi connectivity index (χ3v) is 6.12. The molecule has 0 bridgehead atoms. The maximum Gasteiger partial charge on any atom is 0.495 e. The van der Waals surface area contributed by atoms with E-state index in [1.54, 1.807) is 0 Å². The molecule has 1 aromatic rings. The zero-order valence-electron chi connectivity index (χ0n) is 14.7. The number of halogens is 2. The van der Waals surface area contributed by atoms with Gasteiger partial charge in [0.15, 0.2) is 0 Å². The first-order chi connectivity index (χ1) is 11.2. The van der Waals surface area contributed by atoms with Crippen LogP contribution in [0.1, 0.15) is 33.3 Å². The summed E-state index contributed by atoms with van der Waals surface area (Å²) in [6.07, 6.45) is 0. The van der Waals surface area contributed by atoms with Gasteiger partial charge in [0.1, 0.15) is 11.6 Å². The van der Waals surface area contributed by atoms with Crippen LogP contribution in [0.25, 0.3) is 0 Å². The van der Waals surface area contributed by atoms with Gasteiger partial charge in [-0.2, -0.15) is 11.8 Å². The summed E-state index contributed by atoms with van der Waals surface area (Å²) < 4.78 is 40.8. The summed E-state index contributed by atoms with van der Waals surface area (Å²) in [6.45, 7) is 9.71. The molecular formula is C17H24BF2NO2S. The van der Waals surface area contributed by atoms with Crippen molar-refractivity contribution in [1.82, 2.24) is 4.90 Å². The minimum absolute atomic E-state index is 0.127. The minimum atomic E-state index is -0.751. The molecule has 0 aromatic heterocycles. The summed E-state index contributed by atoms with van der Waals surface area (Å²) >= 11 is 1.87. The standard InChI is InChI=1S/C17H24BF2NO2S/c1-16(2)17(3,4)23-18(22-16)12-9-14(19)13(15(20)10-12)11-21-5-7-24-8-6-21/h9-10H,5-8,11H2,1-4H3. The molecule has 0 aliphatic carbocycles. The Labute approximate surface area is 147 Å². The maximum absolute atomic E-state index is 14.5. The molecule has 2 fully saturated rings. The maximum atomic E-state index is 14.5. The van der Waals surface area contributed by atoms with Crippen LogP contribution < -0.4 is 5.46 Å². The van der Waals surface area contributed by atoms with Gasteiger partial charge in [-0.15, -0.1) is 0 Å². The fourth-order valence-corrected chi connectivity index (χ4v) is 3.85. The normalized spacial score (nSPS) is 23.7. The molecule has 0 spiro atoms. The fraction of sp³-hybridized carbons (Fsp3) is 0.647. The predicted molar refractivity (Wildman–Crippen MR) is 94.7 cm³/mol. The lowest BCUT2D eigenvalue weighted by atomic mass is 9.78. The van der Waals surface area contributed by atoms with E-state index in [0.29, 0.717) is 12.0 Å². The van der Waals surface area contributed by atoms with Crippen LogP contribution in [0.2, 0.25) is 0 Å². The van der Waals surface area contributed by atoms with E-state index in [9.17, 15) is 8.78 Å². The first-order valence-electron chi connectivity index (χ1n) is 8.33. The van der Waals surface area contributed by atoms with Gasteiger partial charge in [0.2, 0.25) is 0 Å². The third-order valence-electron chi connectivity index (χ3n) is 5.17. The first kappa shape index (κ1) is 18.2. The van der Waals surface area contributed by atoms with E-state index in [2.05, 4.69) is 4.90 Å². The summed E-state index contributed by atoms with van der Waals surface area (Å²) in [7, 11) is -0.751. The highest BCUT2D eigenvalue weighted by molar-refractivity contribution is 7.99. The summed E-state index contributed by atoms with van der Waals surface area (Å²) in [6, 6.07) is 2.69. The highest BCUT2D eigenvalue weighted by atomic mass is 32.2. The van der Waals surface area contributed by atoms with E-state index < -0.39 is 30.0 Å². The van der Waals surface area contributed by atoms with Crippen molar-refractivity contribution in [1.29, 1.82) is 0 Å². The van der Waals surface area contributed by atoms with Crippen molar-refractivity contribution in [2.45, 2.75) is 45.4 Å². The lowest BCUT2D eigenvalue weighted by molar-refractivity contribution is 0.00578. The zero-order valence-corrected chi connectivity index (χ0v) is 15.5. The van der Waals surface area contributed by atoms with Crippen LogP contribution in [0.15, 0.2) is 12.1 Å². The number of hydrogen-bond acceptors (Lipinski definition) is 4. The predicted octanol–water partition coefficient (Wildman–Crippen LogP) is 2.81. The van der Waals surface area contributed by atoms with Gasteiger partial charge in [0.05, 0.1) is 11.2 Å². The molecule has 0 amide bonds. The lowest BCUT2D eigenvalue weighted by Crippen LogP contribution is -2.41. The van der Waals surface area contributed by atoms with Crippen molar-refractivity contribution >= 4 is 24.3 Å². The van der Waals surface area contributed by atoms with Crippen molar-refractivity contribution in [3.05, 3.63) is 29.3 Å². The van der Waals surface area contributed by atoms with Crippen LogP contribution in [0.3, 0.4) is 0 Å². The highest BCUT2D eigenvalue weighted by Crippen LogP contribution is 2.36. The SMILES string of the molecule is CC1(C)OB(c2cc(F)c(CN3CCSCC3)c(F)c2)OC1(C)C. The Hall–Kier alpha value is -0.625. The van der Waals surface area contributed by atoms with Crippen LogP contribution in [0.5, 0.6) is 0 Å². The largest absolute Gasteiger partial charge is 0.495 e. The highest BCUT2D eigenvalue weighted by Gasteiger charge is 2.52. The molecule has 3 nitrogen and oxygen atoms in total.